The van der Waals surface area contributed by atoms with Crippen molar-refractivity contribution in [1.82, 2.24) is 4.57 Å². The maximum Gasteiger partial charge on any atom is 0.0608 e. The molecule has 2 aromatic rings. The van der Waals surface area contributed by atoms with E-state index in [9.17, 15) is 0 Å². The normalized spacial score (nSPS) is 18.4. The van der Waals surface area contributed by atoms with Crippen LogP contribution in [-0.4, -0.2) is 10.6 Å². The minimum atomic E-state index is 0.0726. The predicted molar refractivity (Wildman–Crippen MR) is 66.3 cm³/mol. The van der Waals surface area contributed by atoms with Crippen LogP contribution in [-0.2, 0) is 13.0 Å². The number of rotatable bonds is 1. The van der Waals surface area contributed by atoms with Crippen LogP contribution in [0.15, 0.2) is 33.9 Å². The summed E-state index contributed by atoms with van der Waals surface area (Å²) in [6.07, 6.45) is 0.844. The number of azide groups is 1. The lowest BCUT2D eigenvalue weighted by atomic mass is 10.2. The topological polar surface area (TPSA) is 53.7 Å². The number of hydrogen-bond donors (Lipinski definition) is 0. The van der Waals surface area contributed by atoms with E-state index in [2.05, 4.69) is 48.7 Å². The first-order valence-electron chi connectivity index (χ1n) is 5.10. The summed E-state index contributed by atoms with van der Waals surface area (Å²) in [4.78, 5) is 2.88. The molecule has 5 heteroatoms. The van der Waals surface area contributed by atoms with Gasteiger partial charge in [-0.1, -0.05) is 27.1 Å². The fourth-order valence-electron chi connectivity index (χ4n) is 2.34. The molecule has 0 radical (unpaired) electrons. The summed E-state index contributed by atoms with van der Waals surface area (Å²) in [5, 5.41) is 5.04. The van der Waals surface area contributed by atoms with Crippen LogP contribution in [0.5, 0.6) is 0 Å². The molecule has 0 saturated heterocycles. The zero-order valence-corrected chi connectivity index (χ0v) is 10.1. The van der Waals surface area contributed by atoms with Crippen LogP contribution >= 0.6 is 15.9 Å². The average Bonchev–Trinajstić information content (AvgIpc) is 2.76. The lowest BCUT2D eigenvalue weighted by molar-refractivity contribution is 0.648. The predicted octanol–water partition coefficient (Wildman–Crippen LogP) is 3.64. The molecule has 1 atom stereocenters. The molecule has 1 unspecified atom stereocenters. The Hall–Kier alpha value is -1.45. The van der Waals surface area contributed by atoms with Gasteiger partial charge in [0.25, 0.3) is 0 Å². The molecule has 0 saturated carbocycles. The monoisotopic (exact) mass is 276 g/mol. The zero-order valence-electron chi connectivity index (χ0n) is 8.47. The fourth-order valence-corrected chi connectivity index (χ4v) is 2.69. The van der Waals surface area contributed by atoms with Crippen molar-refractivity contribution in [1.29, 1.82) is 0 Å². The van der Waals surface area contributed by atoms with E-state index in [1.165, 1.54) is 16.6 Å². The van der Waals surface area contributed by atoms with Gasteiger partial charge in [-0.2, -0.15) is 0 Å². The van der Waals surface area contributed by atoms with Gasteiger partial charge in [-0.3, -0.25) is 0 Å². The SMILES string of the molecule is [N-]=[N+]=NC1Cc2cc3ccc(Br)cc3n2C1. The van der Waals surface area contributed by atoms with E-state index in [1.807, 2.05) is 6.07 Å². The Morgan fingerprint density at radius 2 is 2.31 bits per heavy atom. The largest absolute Gasteiger partial charge is 0.344 e. The molecule has 0 bridgehead atoms. The number of hydrogen-bond acceptors (Lipinski definition) is 1. The molecule has 4 nitrogen and oxygen atoms in total. The summed E-state index contributed by atoms with van der Waals surface area (Å²) in [5.74, 6) is 0. The number of aromatic nitrogens is 1. The van der Waals surface area contributed by atoms with E-state index in [1.54, 1.807) is 0 Å². The van der Waals surface area contributed by atoms with Gasteiger partial charge in [0.05, 0.1) is 6.04 Å². The molecule has 80 valence electrons. The zero-order chi connectivity index (χ0) is 11.1. The van der Waals surface area contributed by atoms with Crippen LogP contribution in [0.2, 0.25) is 0 Å². The summed E-state index contributed by atoms with van der Waals surface area (Å²) < 4.78 is 3.31. The lowest BCUT2D eigenvalue weighted by Crippen LogP contribution is -2.04. The minimum Gasteiger partial charge on any atom is -0.344 e. The molecule has 0 aliphatic carbocycles. The molecule has 3 rings (SSSR count). The van der Waals surface area contributed by atoms with Gasteiger partial charge in [-0.15, -0.1) is 0 Å². The molecule has 0 N–H and O–H groups in total. The summed E-state index contributed by atoms with van der Waals surface area (Å²) in [6.45, 7) is 0.791. The molecule has 1 aromatic carbocycles. The van der Waals surface area contributed by atoms with Crippen molar-refractivity contribution in [3.8, 4) is 0 Å². The summed E-state index contributed by atoms with van der Waals surface area (Å²) in [7, 11) is 0. The number of nitrogens with zero attached hydrogens (tertiary/aromatic N) is 4. The smallest absolute Gasteiger partial charge is 0.0608 e. The Bertz CT molecular complexity index is 610. The second-order valence-corrected chi connectivity index (χ2v) is 4.93. The fraction of sp³-hybridized carbons (Fsp3) is 0.273. The molecule has 1 aromatic heterocycles. The first-order chi connectivity index (χ1) is 7.78. The molecule has 0 fully saturated rings. The Kier molecular flexibility index (Phi) is 2.16. The van der Waals surface area contributed by atoms with E-state index in [0.29, 0.717) is 0 Å². The second kappa shape index (κ2) is 3.54. The van der Waals surface area contributed by atoms with Gasteiger partial charge >= 0.3 is 0 Å². The van der Waals surface area contributed by atoms with Gasteiger partial charge in [0, 0.05) is 27.1 Å². The third-order valence-electron chi connectivity index (χ3n) is 3.01. The molecule has 2 heterocycles. The summed E-state index contributed by atoms with van der Waals surface area (Å²) >= 11 is 3.48. The first-order valence-corrected chi connectivity index (χ1v) is 5.89. The Labute approximate surface area is 101 Å². The van der Waals surface area contributed by atoms with Crippen molar-refractivity contribution in [2.24, 2.45) is 5.11 Å². The Morgan fingerprint density at radius 1 is 1.44 bits per heavy atom. The third kappa shape index (κ3) is 1.40. The maximum atomic E-state index is 8.44. The highest BCUT2D eigenvalue weighted by Gasteiger charge is 2.22. The van der Waals surface area contributed by atoms with Gasteiger partial charge < -0.3 is 4.57 Å². The van der Waals surface area contributed by atoms with Crippen molar-refractivity contribution in [2.75, 3.05) is 0 Å². The van der Waals surface area contributed by atoms with Gasteiger partial charge in [0.1, 0.15) is 0 Å². The lowest BCUT2D eigenvalue weighted by Gasteiger charge is -2.02. The molecule has 0 amide bonds. The van der Waals surface area contributed by atoms with Crippen LogP contribution in [0.25, 0.3) is 21.3 Å². The van der Waals surface area contributed by atoms with Gasteiger partial charge in [-0.05, 0) is 35.5 Å². The summed E-state index contributed by atoms with van der Waals surface area (Å²) in [6, 6.07) is 8.51. The average molecular weight is 277 g/mol. The Morgan fingerprint density at radius 3 is 3.12 bits per heavy atom. The van der Waals surface area contributed by atoms with Crippen LogP contribution in [0, 0.1) is 0 Å². The van der Waals surface area contributed by atoms with Crippen molar-refractivity contribution in [3.63, 3.8) is 0 Å². The van der Waals surface area contributed by atoms with Crippen LogP contribution in [0.1, 0.15) is 5.69 Å². The quantitative estimate of drug-likeness (QED) is 0.434. The van der Waals surface area contributed by atoms with Crippen LogP contribution in [0.3, 0.4) is 0 Å². The first kappa shape index (κ1) is 9.75. The molecular formula is C11H9BrN4. The van der Waals surface area contributed by atoms with E-state index in [0.717, 1.165) is 17.4 Å². The highest BCUT2D eigenvalue weighted by atomic mass is 79.9. The second-order valence-electron chi connectivity index (χ2n) is 4.01. The maximum absolute atomic E-state index is 8.44. The van der Waals surface area contributed by atoms with Crippen LogP contribution < -0.4 is 0 Å². The third-order valence-corrected chi connectivity index (χ3v) is 3.50. The van der Waals surface area contributed by atoms with Crippen molar-refractivity contribution in [3.05, 3.63) is 44.9 Å². The number of fused-ring (bicyclic) bond motifs is 3. The van der Waals surface area contributed by atoms with Crippen molar-refractivity contribution < 1.29 is 0 Å². The highest BCUT2D eigenvalue weighted by molar-refractivity contribution is 9.10. The molecule has 1 aliphatic heterocycles. The number of benzene rings is 1. The van der Waals surface area contributed by atoms with Crippen LogP contribution in [0.4, 0.5) is 0 Å². The van der Waals surface area contributed by atoms with E-state index in [-0.39, 0.29) is 6.04 Å². The van der Waals surface area contributed by atoms with Gasteiger partial charge in [0.2, 0.25) is 0 Å². The van der Waals surface area contributed by atoms with E-state index >= 15 is 0 Å². The molecular weight excluding hydrogens is 268 g/mol. The highest BCUT2D eigenvalue weighted by Crippen LogP contribution is 2.29. The molecule has 1 aliphatic rings. The molecule has 16 heavy (non-hydrogen) atoms. The van der Waals surface area contributed by atoms with E-state index in [4.69, 9.17) is 5.53 Å². The van der Waals surface area contributed by atoms with E-state index < -0.39 is 0 Å². The molecule has 0 spiro atoms. The number of halogens is 1. The van der Waals surface area contributed by atoms with Crippen molar-refractivity contribution in [2.45, 2.75) is 19.0 Å². The Balaban J connectivity index is 2.13. The summed E-state index contributed by atoms with van der Waals surface area (Å²) in [5.41, 5.74) is 10.9. The van der Waals surface area contributed by atoms with Crippen molar-refractivity contribution >= 4 is 26.8 Å². The standard InChI is InChI=1S/C11H9BrN4/c12-8-2-1-7-3-10-5-9(14-15-13)6-16(10)11(7)4-8/h1-4,9H,5-6H2. The van der Waals surface area contributed by atoms with Gasteiger partial charge in [-0.25, -0.2) is 0 Å². The minimum absolute atomic E-state index is 0.0726. The van der Waals surface area contributed by atoms with Gasteiger partial charge in [0.15, 0.2) is 0 Å².